The molecule has 6 heteroatoms. The summed E-state index contributed by atoms with van der Waals surface area (Å²) in [6.07, 6.45) is 1.89. The van der Waals surface area contributed by atoms with Crippen LogP contribution in [0.25, 0.3) is 0 Å². The van der Waals surface area contributed by atoms with E-state index in [1.807, 2.05) is 51.1 Å². The molecule has 26 heavy (non-hydrogen) atoms. The molecule has 1 amide bonds. The van der Waals surface area contributed by atoms with E-state index in [0.717, 1.165) is 39.4 Å². The van der Waals surface area contributed by atoms with Crippen LogP contribution in [0.4, 0.5) is 11.4 Å². The molecule has 0 heterocycles. The van der Waals surface area contributed by atoms with E-state index in [1.165, 1.54) is 0 Å². The minimum Gasteiger partial charge on any atom is -0.324 e. The summed E-state index contributed by atoms with van der Waals surface area (Å²) in [7, 11) is -3.62. The summed E-state index contributed by atoms with van der Waals surface area (Å²) in [6.45, 7) is 7.46. The van der Waals surface area contributed by atoms with Crippen LogP contribution in [0.3, 0.4) is 0 Å². The highest BCUT2D eigenvalue weighted by Crippen LogP contribution is 2.24. The molecular weight excluding hydrogens is 348 g/mol. The van der Waals surface area contributed by atoms with Gasteiger partial charge in [-0.05, 0) is 50.5 Å². The van der Waals surface area contributed by atoms with Gasteiger partial charge in [0.15, 0.2) is 0 Å². The molecule has 2 rings (SSSR count). The van der Waals surface area contributed by atoms with Gasteiger partial charge in [-0.15, -0.1) is 0 Å². The normalized spacial score (nSPS) is 12.5. The SMILES string of the molecule is CCc1cccc(C)c1NC(=O)[C@H](C)N(c1ccc(C)cc1)S(C)(=O)=O. The predicted octanol–water partition coefficient (Wildman–Crippen LogP) is 3.66. The fourth-order valence-corrected chi connectivity index (χ4v) is 4.10. The van der Waals surface area contributed by atoms with Crippen LogP contribution in [0.2, 0.25) is 0 Å². The van der Waals surface area contributed by atoms with Crippen molar-refractivity contribution in [3.8, 4) is 0 Å². The average molecular weight is 375 g/mol. The Balaban J connectivity index is 2.36. The van der Waals surface area contributed by atoms with Crippen LogP contribution in [0.5, 0.6) is 0 Å². The third-order valence-electron chi connectivity index (χ3n) is 4.37. The van der Waals surface area contributed by atoms with Crippen molar-refractivity contribution in [3.05, 3.63) is 59.2 Å². The molecule has 0 aromatic heterocycles. The lowest BCUT2D eigenvalue weighted by Gasteiger charge is -2.28. The monoisotopic (exact) mass is 374 g/mol. The van der Waals surface area contributed by atoms with Crippen molar-refractivity contribution >= 4 is 27.3 Å². The summed E-state index contributed by atoms with van der Waals surface area (Å²) in [5.41, 5.74) is 4.22. The first-order valence-corrected chi connectivity index (χ1v) is 10.5. The van der Waals surface area contributed by atoms with Crippen LogP contribution in [0.1, 0.15) is 30.5 Å². The number of benzene rings is 2. The fraction of sp³-hybridized carbons (Fsp3) is 0.350. The van der Waals surface area contributed by atoms with E-state index in [9.17, 15) is 13.2 Å². The van der Waals surface area contributed by atoms with Gasteiger partial charge in [-0.3, -0.25) is 9.10 Å². The van der Waals surface area contributed by atoms with Crippen LogP contribution in [0.15, 0.2) is 42.5 Å². The zero-order valence-electron chi connectivity index (χ0n) is 15.9. The lowest BCUT2D eigenvalue weighted by molar-refractivity contribution is -0.116. The number of hydrogen-bond acceptors (Lipinski definition) is 3. The molecule has 0 radical (unpaired) electrons. The lowest BCUT2D eigenvalue weighted by Crippen LogP contribution is -2.45. The Hall–Kier alpha value is -2.34. The van der Waals surface area contributed by atoms with Crippen molar-refractivity contribution in [1.29, 1.82) is 0 Å². The van der Waals surface area contributed by atoms with Crippen molar-refractivity contribution < 1.29 is 13.2 Å². The smallest absolute Gasteiger partial charge is 0.248 e. The van der Waals surface area contributed by atoms with E-state index in [4.69, 9.17) is 0 Å². The van der Waals surface area contributed by atoms with E-state index >= 15 is 0 Å². The third kappa shape index (κ3) is 4.43. The molecule has 0 aliphatic carbocycles. The number of hydrogen-bond donors (Lipinski definition) is 1. The zero-order valence-corrected chi connectivity index (χ0v) is 16.7. The van der Waals surface area contributed by atoms with Crippen LogP contribution >= 0.6 is 0 Å². The number of rotatable bonds is 6. The molecule has 140 valence electrons. The number of carbonyl (C=O) groups excluding carboxylic acids is 1. The molecular formula is C20H26N2O3S. The largest absolute Gasteiger partial charge is 0.324 e. The maximum atomic E-state index is 12.8. The molecule has 2 aromatic carbocycles. The Morgan fingerprint density at radius 3 is 2.27 bits per heavy atom. The van der Waals surface area contributed by atoms with Crippen molar-refractivity contribution in [2.24, 2.45) is 0 Å². The first-order valence-electron chi connectivity index (χ1n) is 8.60. The summed E-state index contributed by atoms with van der Waals surface area (Å²) in [5, 5.41) is 2.92. The summed E-state index contributed by atoms with van der Waals surface area (Å²) in [5.74, 6) is -0.361. The van der Waals surface area contributed by atoms with Crippen LogP contribution in [0, 0.1) is 13.8 Å². The summed E-state index contributed by atoms with van der Waals surface area (Å²) in [6, 6.07) is 12.0. The summed E-state index contributed by atoms with van der Waals surface area (Å²) in [4.78, 5) is 12.8. The number of aryl methyl sites for hydroxylation is 3. The average Bonchev–Trinajstić information content (AvgIpc) is 2.57. The number of anilines is 2. The number of nitrogens with zero attached hydrogens (tertiary/aromatic N) is 1. The Labute approximate surface area is 156 Å². The van der Waals surface area contributed by atoms with Gasteiger partial charge in [0.2, 0.25) is 15.9 Å². The van der Waals surface area contributed by atoms with E-state index in [0.29, 0.717) is 5.69 Å². The minimum atomic E-state index is -3.62. The standard InChI is InChI=1S/C20H26N2O3S/c1-6-17-9-7-8-15(3)19(17)21-20(23)16(4)22(26(5,24)25)18-12-10-14(2)11-13-18/h7-13,16H,6H2,1-5H3,(H,21,23)/t16-/m0/s1. The minimum absolute atomic E-state index is 0.361. The van der Waals surface area contributed by atoms with Gasteiger partial charge in [0.05, 0.1) is 11.9 Å². The van der Waals surface area contributed by atoms with Crippen molar-refractivity contribution in [3.63, 3.8) is 0 Å². The van der Waals surface area contributed by atoms with Crippen LogP contribution in [-0.2, 0) is 21.2 Å². The quantitative estimate of drug-likeness (QED) is 0.839. The molecule has 0 bridgehead atoms. The van der Waals surface area contributed by atoms with Crippen LogP contribution in [-0.4, -0.2) is 26.6 Å². The first kappa shape index (κ1) is 20.0. The topological polar surface area (TPSA) is 66.5 Å². The van der Waals surface area contributed by atoms with Gasteiger partial charge in [-0.1, -0.05) is 42.8 Å². The molecule has 0 aliphatic rings. The maximum Gasteiger partial charge on any atom is 0.248 e. The fourth-order valence-electron chi connectivity index (χ4n) is 2.93. The van der Waals surface area contributed by atoms with Crippen molar-refractivity contribution in [1.82, 2.24) is 0 Å². The summed E-state index contributed by atoms with van der Waals surface area (Å²) < 4.78 is 25.9. The second-order valence-corrected chi connectivity index (χ2v) is 8.38. The highest BCUT2D eigenvalue weighted by atomic mass is 32.2. The highest BCUT2D eigenvalue weighted by Gasteiger charge is 2.29. The molecule has 5 nitrogen and oxygen atoms in total. The number of nitrogens with one attached hydrogen (secondary N) is 1. The molecule has 0 saturated carbocycles. The van der Waals surface area contributed by atoms with Gasteiger partial charge in [0, 0.05) is 5.69 Å². The molecule has 2 aromatic rings. The number of carbonyl (C=O) groups is 1. The number of amides is 1. The van der Waals surface area contributed by atoms with Crippen LogP contribution < -0.4 is 9.62 Å². The molecule has 0 unspecified atom stereocenters. The molecule has 0 fully saturated rings. The predicted molar refractivity (Wildman–Crippen MR) is 107 cm³/mol. The van der Waals surface area contributed by atoms with E-state index in [1.54, 1.807) is 19.1 Å². The maximum absolute atomic E-state index is 12.8. The molecule has 0 aliphatic heterocycles. The van der Waals surface area contributed by atoms with Crippen molar-refractivity contribution in [2.75, 3.05) is 15.9 Å². The zero-order chi connectivity index (χ0) is 19.5. The number of sulfonamides is 1. The molecule has 0 saturated heterocycles. The van der Waals surface area contributed by atoms with E-state index in [2.05, 4.69) is 5.32 Å². The number of para-hydroxylation sites is 1. The van der Waals surface area contributed by atoms with E-state index < -0.39 is 16.1 Å². The Bertz CT molecular complexity index is 890. The first-order chi connectivity index (χ1) is 12.1. The Morgan fingerprint density at radius 2 is 1.73 bits per heavy atom. The van der Waals surface area contributed by atoms with Crippen molar-refractivity contribution in [2.45, 2.75) is 40.2 Å². The van der Waals surface area contributed by atoms with E-state index in [-0.39, 0.29) is 5.91 Å². The second kappa shape index (κ2) is 7.91. The lowest BCUT2D eigenvalue weighted by atomic mass is 10.1. The second-order valence-electron chi connectivity index (χ2n) is 6.52. The Kier molecular flexibility index (Phi) is 6.08. The van der Waals surface area contributed by atoms with Gasteiger partial charge in [0.1, 0.15) is 6.04 Å². The van der Waals surface area contributed by atoms with Gasteiger partial charge in [-0.25, -0.2) is 8.42 Å². The highest BCUT2D eigenvalue weighted by molar-refractivity contribution is 7.92. The summed E-state index contributed by atoms with van der Waals surface area (Å²) >= 11 is 0. The molecule has 0 spiro atoms. The van der Waals surface area contributed by atoms with Gasteiger partial charge in [0.25, 0.3) is 0 Å². The molecule has 1 N–H and O–H groups in total. The van der Waals surface area contributed by atoms with Gasteiger partial charge >= 0.3 is 0 Å². The Morgan fingerprint density at radius 1 is 1.12 bits per heavy atom. The van der Waals surface area contributed by atoms with Gasteiger partial charge < -0.3 is 5.32 Å². The molecule has 1 atom stereocenters. The third-order valence-corrected chi connectivity index (χ3v) is 5.61. The van der Waals surface area contributed by atoms with Gasteiger partial charge in [-0.2, -0.15) is 0 Å².